The molecule has 7 nitrogen and oxygen atoms in total. The molecule has 1 unspecified atom stereocenters. The normalized spacial score (nSPS) is 20.6. The molecule has 32 heavy (non-hydrogen) atoms. The second kappa shape index (κ2) is 10.7. The Kier molecular flexibility index (Phi) is 7.93. The molecule has 1 aromatic carbocycles. The molecular weight excluding hydrogens is 420 g/mol. The molecule has 1 atom stereocenters. The van der Waals surface area contributed by atoms with Crippen molar-refractivity contribution in [3.8, 4) is 0 Å². The Morgan fingerprint density at radius 3 is 2.53 bits per heavy atom. The van der Waals surface area contributed by atoms with Gasteiger partial charge in [-0.2, -0.15) is 0 Å². The van der Waals surface area contributed by atoms with Crippen molar-refractivity contribution in [2.45, 2.75) is 69.6 Å². The summed E-state index contributed by atoms with van der Waals surface area (Å²) in [5.41, 5.74) is 1.34. The van der Waals surface area contributed by atoms with Crippen molar-refractivity contribution in [2.24, 2.45) is 0 Å². The molecule has 2 aliphatic heterocycles. The Hall–Kier alpha value is -2.84. The predicted octanol–water partition coefficient (Wildman–Crippen LogP) is 3.35. The second-order valence-corrected chi connectivity index (χ2v) is 8.47. The molecule has 0 aliphatic carbocycles. The van der Waals surface area contributed by atoms with E-state index >= 15 is 0 Å². The van der Waals surface area contributed by atoms with Crippen LogP contribution in [-0.2, 0) is 19.2 Å². The van der Waals surface area contributed by atoms with Gasteiger partial charge >= 0.3 is 0 Å². The Morgan fingerprint density at radius 1 is 1.09 bits per heavy atom. The van der Waals surface area contributed by atoms with Gasteiger partial charge in [0.05, 0.1) is 5.92 Å². The van der Waals surface area contributed by atoms with Gasteiger partial charge < -0.3 is 10.2 Å². The van der Waals surface area contributed by atoms with E-state index in [0.717, 1.165) is 5.56 Å². The molecule has 3 rings (SSSR count). The number of benzene rings is 1. The van der Waals surface area contributed by atoms with Crippen LogP contribution in [0.5, 0.6) is 0 Å². The lowest BCUT2D eigenvalue weighted by Crippen LogP contribution is -2.42. The third-order valence-electron chi connectivity index (χ3n) is 5.95. The molecule has 0 bridgehead atoms. The van der Waals surface area contributed by atoms with E-state index in [1.54, 1.807) is 24.3 Å². The first-order chi connectivity index (χ1) is 15.2. The predicted molar refractivity (Wildman–Crippen MR) is 114 cm³/mol. The maximum Gasteiger partial charge on any atom is 0.251 e. The maximum atomic E-state index is 13.2. The number of carbonyl (C=O) groups excluding carboxylic acids is 4. The first-order valence-corrected chi connectivity index (χ1v) is 11.1. The Balaban J connectivity index is 1.35. The summed E-state index contributed by atoms with van der Waals surface area (Å²) >= 11 is 0. The Bertz CT molecular complexity index is 865. The summed E-state index contributed by atoms with van der Waals surface area (Å²) in [6, 6.07) is 7.06. The first kappa shape index (κ1) is 23.8. The monoisotopic (exact) mass is 449 g/mol. The number of hydrogen-bond donors (Lipinski definition) is 2. The van der Waals surface area contributed by atoms with Crippen LogP contribution in [0.25, 0.3) is 0 Å². The number of piperidine rings is 2. The number of amides is 4. The zero-order valence-corrected chi connectivity index (χ0v) is 18.0. The summed E-state index contributed by atoms with van der Waals surface area (Å²) in [7, 11) is 0. The number of nitrogens with zero attached hydrogens (tertiary/aromatic N) is 1. The van der Waals surface area contributed by atoms with Gasteiger partial charge in [0.1, 0.15) is 0 Å². The standard InChI is InChI=1S/C23H29F2N3O4/c24-23(25)11-13-28(14-12-23)21(31)8-3-1-2-7-19(29)26-17-6-4-5-16(15-17)18-9-10-20(30)27-22(18)32/h4-6,15,18H,1-3,7-14H2,(H,26,29)(H,27,30,32). The van der Waals surface area contributed by atoms with Crippen LogP contribution in [0, 0.1) is 0 Å². The van der Waals surface area contributed by atoms with Gasteiger partial charge in [-0.3, -0.25) is 24.5 Å². The Morgan fingerprint density at radius 2 is 1.81 bits per heavy atom. The number of alkyl halides is 2. The van der Waals surface area contributed by atoms with Crippen LogP contribution in [-0.4, -0.2) is 47.5 Å². The van der Waals surface area contributed by atoms with E-state index in [4.69, 9.17) is 0 Å². The summed E-state index contributed by atoms with van der Waals surface area (Å²) in [6.07, 6.45) is 2.72. The van der Waals surface area contributed by atoms with Crippen LogP contribution >= 0.6 is 0 Å². The van der Waals surface area contributed by atoms with Gasteiger partial charge in [-0.1, -0.05) is 18.6 Å². The number of halogens is 2. The number of hydrogen-bond acceptors (Lipinski definition) is 4. The van der Waals surface area contributed by atoms with Crippen molar-refractivity contribution in [3.05, 3.63) is 29.8 Å². The van der Waals surface area contributed by atoms with E-state index in [2.05, 4.69) is 10.6 Å². The average molecular weight is 449 g/mol. The first-order valence-electron chi connectivity index (χ1n) is 11.1. The molecule has 0 aromatic heterocycles. The molecule has 0 saturated carbocycles. The smallest absolute Gasteiger partial charge is 0.251 e. The summed E-state index contributed by atoms with van der Waals surface area (Å²) in [6.45, 7) is 0.207. The number of anilines is 1. The minimum atomic E-state index is -2.66. The van der Waals surface area contributed by atoms with Crippen LogP contribution in [0.1, 0.15) is 69.3 Å². The highest BCUT2D eigenvalue weighted by Crippen LogP contribution is 2.28. The maximum absolute atomic E-state index is 13.2. The van der Waals surface area contributed by atoms with Gasteiger partial charge in [0.15, 0.2) is 0 Å². The van der Waals surface area contributed by atoms with E-state index < -0.39 is 11.8 Å². The van der Waals surface area contributed by atoms with Crippen molar-refractivity contribution in [2.75, 3.05) is 18.4 Å². The lowest BCUT2D eigenvalue weighted by Gasteiger charge is -2.31. The molecule has 9 heteroatoms. The van der Waals surface area contributed by atoms with E-state index in [9.17, 15) is 28.0 Å². The van der Waals surface area contributed by atoms with Gasteiger partial charge in [-0.15, -0.1) is 0 Å². The summed E-state index contributed by atoms with van der Waals surface area (Å²) in [5, 5.41) is 5.16. The van der Waals surface area contributed by atoms with Crippen LogP contribution in [0.3, 0.4) is 0 Å². The highest BCUT2D eigenvalue weighted by Gasteiger charge is 2.35. The largest absolute Gasteiger partial charge is 0.342 e. The van der Waals surface area contributed by atoms with Gasteiger partial charge in [0.25, 0.3) is 5.92 Å². The third kappa shape index (κ3) is 6.83. The Labute approximate surface area is 185 Å². The number of nitrogens with one attached hydrogen (secondary N) is 2. The number of rotatable bonds is 8. The third-order valence-corrected chi connectivity index (χ3v) is 5.95. The van der Waals surface area contributed by atoms with Gasteiger partial charge in [-0.25, -0.2) is 8.78 Å². The molecule has 2 aliphatic rings. The number of unbranched alkanes of at least 4 members (excludes halogenated alkanes) is 2. The van der Waals surface area contributed by atoms with Crippen molar-refractivity contribution in [1.29, 1.82) is 0 Å². The van der Waals surface area contributed by atoms with Crippen molar-refractivity contribution < 1.29 is 28.0 Å². The molecule has 174 valence electrons. The molecule has 0 radical (unpaired) electrons. The van der Waals surface area contributed by atoms with Crippen LogP contribution < -0.4 is 10.6 Å². The topological polar surface area (TPSA) is 95.6 Å². The van der Waals surface area contributed by atoms with Gasteiger partial charge in [0.2, 0.25) is 23.6 Å². The minimum absolute atomic E-state index is 0.102. The zero-order chi connectivity index (χ0) is 23.1. The second-order valence-electron chi connectivity index (χ2n) is 8.47. The quantitative estimate of drug-likeness (QED) is 0.470. The highest BCUT2D eigenvalue weighted by molar-refractivity contribution is 6.01. The summed E-state index contributed by atoms with van der Waals surface area (Å²) < 4.78 is 26.3. The molecule has 2 saturated heterocycles. The van der Waals surface area contributed by atoms with Gasteiger partial charge in [0, 0.05) is 50.9 Å². The van der Waals surface area contributed by atoms with E-state index in [0.29, 0.717) is 50.6 Å². The summed E-state index contributed by atoms with van der Waals surface area (Å²) in [4.78, 5) is 49.2. The fourth-order valence-electron chi connectivity index (χ4n) is 4.05. The van der Waals surface area contributed by atoms with E-state index in [1.165, 1.54) is 4.90 Å². The lowest BCUT2D eigenvalue weighted by molar-refractivity contribution is -0.137. The van der Waals surface area contributed by atoms with Crippen molar-refractivity contribution >= 4 is 29.3 Å². The van der Waals surface area contributed by atoms with Crippen molar-refractivity contribution in [3.63, 3.8) is 0 Å². The molecule has 4 amide bonds. The van der Waals surface area contributed by atoms with E-state index in [1.807, 2.05) is 0 Å². The zero-order valence-electron chi connectivity index (χ0n) is 18.0. The molecule has 0 spiro atoms. The SMILES string of the molecule is O=C1CCC(c2cccc(NC(=O)CCCCCC(=O)N3CCC(F)(F)CC3)c2)C(=O)N1. The molecule has 2 heterocycles. The van der Waals surface area contributed by atoms with Gasteiger partial charge in [-0.05, 0) is 37.0 Å². The molecule has 2 N–H and O–H groups in total. The summed E-state index contributed by atoms with van der Waals surface area (Å²) in [5.74, 6) is -3.92. The molecule has 1 aromatic rings. The highest BCUT2D eigenvalue weighted by atomic mass is 19.3. The fourth-order valence-corrected chi connectivity index (χ4v) is 4.05. The minimum Gasteiger partial charge on any atom is -0.342 e. The average Bonchev–Trinajstić information content (AvgIpc) is 2.73. The molecule has 2 fully saturated rings. The van der Waals surface area contributed by atoms with Crippen LogP contribution in [0.4, 0.5) is 14.5 Å². The van der Waals surface area contributed by atoms with Crippen molar-refractivity contribution in [1.82, 2.24) is 10.2 Å². The number of carbonyl (C=O) groups is 4. The fraction of sp³-hybridized carbons (Fsp3) is 0.565. The van der Waals surface area contributed by atoms with Crippen LogP contribution in [0.2, 0.25) is 0 Å². The molecular formula is C23H29F2N3O4. The number of imide groups is 1. The number of likely N-dealkylation sites (tertiary alicyclic amines) is 1. The van der Waals surface area contributed by atoms with E-state index in [-0.39, 0.29) is 49.6 Å². The lowest BCUT2D eigenvalue weighted by atomic mass is 9.90. The van der Waals surface area contributed by atoms with Crippen LogP contribution in [0.15, 0.2) is 24.3 Å².